The molecule has 0 aliphatic heterocycles. The molecule has 0 bridgehead atoms. The first kappa shape index (κ1) is 13.3. The molecule has 0 aliphatic carbocycles. The second kappa shape index (κ2) is 6.14. The van der Waals surface area contributed by atoms with E-state index >= 15 is 0 Å². The van der Waals surface area contributed by atoms with E-state index in [1.807, 2.05) is 12.1 Å². The van der Waals surface area contributed by atoms with Crippen LogP contribution in [0.4, 0.5) is 0 Å². The molecule has 1 N–H and O–H groups in total. The number of benzene rings is 1. The number of nitrogens with zero attached hydrogens (tertiary/aromatic N) is 1. The van der Waals surface area contributed by atoms with Gasteiger partial charge < -0.3 is 5.11 Å². The minimum Gasteiger partial charge on any atom is -0.481 e. The van der Waals surface area contributed by atoms with Crippen molar-refractivity contribution in [2.45, 2.75) is 26.2 Å². The number of carboxylic acids is 1. The van der Waals surface area contributed by atoms with Gasteiger partial charge in [-0.05, 0) is 23.6 Å². The Hall–Kier alpha value is -2.16. The molecule has 1 aromatic heterocycles. The maximum absolute atomic E-state index is 10.5. The lowest BCUT2D eigenvalue weighted by Crippen LogP contribution is -1.99. The van der Waals surface area contributed by atoms with Gasteiger partial charge in [-0.1, -0.05) is 37.3 Å². The molecule has 3 heteroatoms. The zero-order valence-electron chi connectivity index (χ0n) is 11.0. The van der Waals surface area contributed by atoms with E-state index in [0.717, 1.165) is 23.2 Å². The summed E-state index contributed by atoms with van der Waals surface area (Å²) in [7, 11) is 0. The smallest absolute Gasteiger partial charge is 0.303 e. The number of aromatic nitrogens is 1. The molecule has 2 aromatic rings. The van der Waals surface area contributed by atoms with Gasteiger partial charge in [0.2, 0.25) is 0 Å². The molecule has 2 rings (SSSR count). The zero-order chi connectivity index (χ0) is 13.7. The van der Waals surface area contributed by atoms with Crippen LogP contribution in [-0.2, 0) is 17.6 Å². The average Bonchev–Trinajstić information content (AvgIpc) is 2.46. The van der Waals surface area contributed by atoms with Gasteiger partial charge in [0.05, 0.1) is 6.42 Å². The van der Waals surface area contributed by atoms with Gasteiger partial charge >= 0.3 is 5.97 Å². The van der Waals surface area contributed by atoms with Crippen LogP contribution >= 0.6 is 0 Å². The van der Waals surface area contributed by atoms with Gasteiger partial charge in [0, 0.05) is 23.9 Å². The fraction of sp³-hybridized carbons (Fsp3) is 0.250. The van der Waals surface area contributed by atoms with Crippen molar-refractivity contribution in [3.8, 4) is 11.1 Å². The predicted octanol–water partition coefficient (Wildman–Crippen LogP) is 3.33. The minimum atomic E-state index is -0.791. The van der Waals surface area contributed by atoms with E-state index in [2.05, 4.69) is 36.2 Å². The fourth-order valence-corrected chi connectivity index (χ4v) is 1.91. The molecule has 3 nitrogen and oxygen atoms in total. The molecule has 0 atom stereocenters. The Morgan fingerprint density at radius 2 is 1.79 bits per heavy atom. The highest BCUT2D eigenvalue weighted by Crippen LogP contribution is 2.19. The third kappa shape index (κ3) is 3.65. The normalized spacial score (nSPS) is 10.4. The molecule has 0 spiro atoms. The van der Waals surface area contributed by atoms with Crippen molar-refractivity contribution in [1.29, 1.82) is 0 Å². The maximum atomic E-state index is 10.5. The first-order valence-corrected chi connectivity index (χ1v) is 6.45. The van der Waals surface area contributed by atoms with Crippen LogP contribution in [0.15, 0.2) is 42.6 Å². The van der Waals surface area contributed by atoms with Crippen molar-refractivity contribution in [2.24, 2.45) is 0 Å². The van der Waals surface area contributed by atoms with Crippen LogP contribution in [0.25, 0.3) is 11.1 Å². The molecular weight excluding hydrogens is 238 g/mol. The molecule has 0 saturated carbocycles. The topological polar surface area (TPSA) is 50.2 Å². The molecule has 0 saturated heterocycles. The van der Waals surface area contributed by atoms with E-state index in [1.165, 1.54) is 5.56 Å². The number of aryl methyl sites for hydroxylation is 2. The highest BCUT2D eigenvalue weighted by atomic mass is 16.4. The molecule has 0 radical (unpaired) electrons. The Morgan fingerprint density at radius 1 is 1.11 bits per heavy atom. The molecule has 1 aromatic carbocycles. The van der Waals surface area contributed by atoms with Gasteiger partial charge in [0.25, 0.3) is 0 Å². The van der Waals surface area contributed by atoms with Gasteiger partial charge in [-0.2, -0.15) is 0 Å². The van der Waals surface area contributed by atoms with E-state index in [0.29, 0.717) is 6.42 Å². The maximum Gasteiger partial charge on any atom is 0.303 e. The second-order valence-electron chi connectivity index (χ2n) is 4.48. The summed E-state index contributed by atoms with van der Waals surface area (Å²) in [6, 6.07) is 12.3. The highest BCUT2D eigenvalue weighted by Gasteiger charge is 2.02. The molecule has 19 heavy (non-hydrogen) atoms. The summed E-state index contributed by atoms with van der Waals surface area (Å²) >= 11 is 0. The van der Waals surface area contributed by atoms with Crippen molar-refractivity contribution in [3.63, 3.8) is 0 Å². The van der Waals surface area contributed by atoms with E-state index in [4.69, 9.17) is 5.11 Å². The SMILES string of the molecule is CCc1ccc(-c2ccc(CCC(=O)O)nc2)cc1. The Kier molecular flexibility index (Phi) is 4.29. The monoisotopic (exact) mass is 255 g/mol. The predicted molar refractivity (Wildman–Crippen MR) is 75.0 cm³/mol. The van der Waals surface area contributed by atoms with Crippen LogP contribution in [0, 0.1) is 0 Å². The molecular formula is C16H17NO2. The Bertz CT molecular complexity index is 544. The Labute approximate surface area is 112 Å². The first-order chi connectivity index (χ1) is 9.19. The number of carbonyl (C=O) groups is 1. The standard InChI is InChI=1S/C16H17NO2/c1-2-12-3-5-13(6-4-12)14-7-8-15(17-11-14)9-10-16(18)19/h3-8,11H,2,9-10H2,1H3,(H,18,19). The summed E-state index contributed by atoms with van der Waals surface area (Å²) in [6.07, 6.45) is 3.44. The summed E-state index contributed by atoms with van der Waals surface area (Å²) in [5.41, 5.74) is 4.32. The zero-order valence-corrected chi connectivity index (χ0v) is 11.0. The molecule has 0 fully saturated rings. The minimum absolute atomic E-state index is 0.123. The lowest BCUT2D eigenvalue weighted by atomic mass is 10.0. The fourth-order valence-electron chi connectivity index (χ4n) is 1.91. The average molecular weight is 255 g/mol. The molecule has 0 aliphatic rings. The summed E-state index contributed by atoms with van der Waals surface area (Å²) in [5.74, 6) is -0.791. The number of rotatable bonds is 5. The quantitative estimate of drug-likeness (QED) is 0.891. The molecule has 1 heterocycles. The lowest BCUT2D eigenvalue weighted by Gasteiger charge is -2.04. The summed E-state index contributed by atoms with van der Waals surface area (Å²) in [5, 5.41) is 8.63. The van der Waals surface area contributed by atoms with Crippen molar-refractivity contribution in [3.05, 3.63) is 53.9 Å². The van der Waals surface area contributed by atoms with Crippen LogP contribution in [0.3, 0.4) is 0 Å². The number of carboxylic acid groups (broad SMARTS) is 1. The lowest BCUT2D eigenvalue weighted by molar-refractivity contribution is -0.136. The number of pyridine rings is 1. The van der Waals surface area contributed by atoms with E-state index < -0.39 is 5.97 Å². The van der Waals surface area contributed by atoms with Gasteiger partial charge in [0.15, 0.2) is 0 Å². The van der Waals surface area contributed by atoms with Crippen molar-refractivity contribution >= 4 is 5.97 Å². The Morgan fingerprint density at radius 3 is 2.32 bits per heavy atom. The van der Waals surface area contributed by atoms with Crippen molar-refractivity contribution < 1.29 is 9.90 Å². The van der Waals surface area contributed by atoms with E-state index in [9.17, 15) is 4.79 Å². The summed E-state index contributed by atoms with van der Waals surface area (Å²) in [4.78, 5) is 14.8. The van der Waals surface area contributed by atoms with Crippen LogP contribution in [-0.4, -0.2) is 16.1 Å². The van der Waals surface area contributed by atoms with Gasteiger partial charge in [0.1, 0.15) is 0 Å². The number of aliphatic carboxylic acids is 1. The third-order valence-electron chi connectivity index (χ3n) is 3.12. The number of hydrogen-bond donors (Lipinski definition) is 1. The van der Waals surface area contributed by atoms with Gasteiger partial charge in [-0.3, -0.25) is 9.78 Å². The second-order valence-corrected chi connectivity index (χ2v) is 4.48. The highest BCUT2D eigenvalue weighted by molar-refractivity contribution is 5.67. The molecule has 98 valence electrons. The van der Waals surface area contributed by atoms with Crippen LogP contribution < -0.4 is 0 Å². The van der Waals surface area contributed by atoms with Crippen LogP contribution in [0.5, 0.6) is 0 Å². The van der Waals surface area contributed by atoms with Crippen LogP contribution in [0.2, 0.25) is 0 Å². The van der Waals surface area contributed by atoms with E-state index in [1.54, 1.807) is 6.20 Å². The third-order valence-corrected chi connectivity index (χ3v) is 3.12. The van der Waals surface area contributed by atoms with E-state index in [-0.39, 0.29) is 6.42 Å². The summed E-state index contributed by atoms with van der Waals surface area (Å²) in [6.45, 7) is 2.13. The van der Waals surface area contributed by atoms with Gasteiger partial charge in [-0.15, -0.1) is 0 Å². The van der Waals surface area contributed by atoms with Gasteiger partial charge in [-0.25, -0.2) is 0 Å². The largest absolute Gasteiger partial charge is 0.481 e. The number of hydrogen-bond acceptors (Lipinski definition) is 2. The van der Waals surface area contributed by atoms with Crippen molar-refractivity contribution in [1.82, 2.24) is 4.98 Å². The summed E-state index contributed by atoms with van der Waals surface area (Å²) < 4.78 is 0. The molecule has 0 unspecified atom stereocenters. The first-order valence-electron chi connectivity index (χ1n) is 6.45. The molecule has 0 amide bonds. The van der Waals surface area contributed by atoms with Crippen LogP contribution in [0.1, 0.15) is 24.6 Å². The Balaban J connectivity index is 2.10. The van der Waals surface area contributed by atoms with Crippen molar-refractivity contribution in [2.75, 3.05) is 0 Å².